The van der Waals surface area contributed by atoms with E-state index in [9.17, 15) is 9.59 Å². The summed E-state index contributed by atoms with van der Waals surface area (Å²) in [5, 5.41) is 1.05. The Balaban J connectivity index is 2.47. The molecule has 4 heteroatoms. The van der Waals surface area contributed by atoms with Gasteiger partial charge in [0.15, 0.2) is 5.78 Å². The fraction of sp³-hybridized carbons (Fsp3) is 0.273. The van der Waals surface area contributed by atoms with Crippen molar-refractivity contribution < 1.29 is 9.59 Å². The highest BCUT2D eigenvalue weighted by Crippen LogP contribution is 2.06. The number of nitrogens with two attached hydrogens (primary N) is 1. The van der Waals surface area contributed by atoms with Crippen molar-refractivity contribution in [3.05, 3.63) is 29.8 Å². The summed E-state index contributed by atoms with van der Waals surface area (Å²) in [4.78, 5) is 22.0. The maximum absolute atomic E-state index is 11.6. The third-order valence-corrected chi connectivity index (χ3v) is 2.44. The van der Waals surface area contributed by atoms with E-state index in [1.54, 1.807) is 12.1 Å². The molecule has 0 aliphatic heterocycles. The van der Waals surface area contributed by atoms with Gasteiger partial charge in [0.25, 0.3) is 0 Å². The fourth-order valence-corrected chi connectivity index (χ4v) is 1.43. The molecule has 2 N–H and O–H groups in total. The monoisotopic (exact) mass is 223 g/mol. The Morgan fingerprint density at radius 2 is 1.73 bits per heavy atom. The molecule has 1 amide bonds. The zero-order valence-electron chi connectivity index (χ0n) is 8.40. The van der Waals surface area contributed by atoms with Crippen molar-refractivity contribution in [3.8, 4) is 0 Å². The first-order valence-corrected chi connectivity index (χ1v) is 5.34. The van der Waals surface area contributed by atoms with Gasteiger partial charge in [-0.3, -0.25) is 9.59 Å². The van der Waals surface area contributed by atoms with Crippen LogP contribution in [0.3, 0.4) is 0 Å². The first-order valence-electron chi connectivity index (χ1n) is 4.76. The summed E-state index contributed by atoms with van der Waals surface area (Å²) in [5.41, 5.74) is 5.67. The number of benzene rings is 1. The Bertz CT molecular complexity index is 359. The van der Waals surface area contributed by atoms with Crippen LogP contribution in [-0.4, -0.2) is 11.7 Å². The summed E-state index contributed by atoms with van der Waals surface area (Å²) in [5.74, 6) is -0.302. The van der Waals surface area contributed by atoms with E-state index in [4.69, 9.17) is 5.73 Å². The van der Waals surface area contributed by atoms with E-state index < -0.39 is 0 Å². The van der Waals surface area contributed by atoms with Gasteiger partial charge in [-0.15, -0.1) is 9.24 Å². The molecule has 0 aliphatic carbocycles. The molecule has 0 fully saturated rings. The van der Waals surface area contributed by atoms with Crippen LogP contribution in [0.2, 0.25) is 0 Å². The Kier molecular flexibility index (Phi) is 4.44. The zero-order chi connectivity index (χ0) is 11.3. The molecular formula is C11H14NO2P. The van der Waals surface area contributed by atoms with Crippen molar-refractivity contribution in [1.82, 2.24) is 0 Å². The van der Waals surface area contributed by atoms with Gasteiger partial charge < -0.3 is 5.73 Å². The highest BCUT2D eigenvalue weighted by molar-refractivity contribution is 7.27. The minimum Gasteiger partial charge on any atom is -0.370 e. The molecule has 0 bridgehead atoms. The number of rotatable bonds is 5. The molecule has 15 heavy (non-hydrogen) atoms. The van der Waals surface area contributed by atoms with Crippen LogP contribution >= 0.6 is 9.24 Å². The molecule has 3 nitrogen and oxygen atoms in total. The summed E-state index contributed by atoms with van der Waals surface area (Å²) < 4.78 is 0. The van der Waals surface area contributed by atoms with Gasteiger partial charge in [0.1, 0.15) is 0 Å². The average Bonchev–Trinajstić information content (AvgIpc) is 2.18. The van der Waals surface area contributed by atoms with E-state index in [-0.39, 0.29) is 18.1 Å². The Morgan fingerprint density at radius 3 is 2.27 bits per heavy atom. The summed E-state index contributed by atoms with van der Waals surface area (Å²) >= 11 is 0. The number of Topliss-reactive ketones (excluding diaryl/α,β-unsaturated/α-hetero) is 1. The van der Waals surface area contributed by atoms with E-state index >= 15 is 0 Å². The molecule has 1 unspecified atom stereocenters. The molecule has 1 aromatic carbocycles. The Labute approximate surface area is 91.2 Å². The maximum Gasteiger partial charge on any atom is 0.217 e. The van der Waals surface area contributed by atoms with Gasteiger partial charge >= 0.3 is 0 Å². The standard InChI is InChI=1S/C11H14NO2P/c12-11(14)3-1-2-10(13)8-4-6-9(15)7-5-8/h4-7H,1-3,15H2,(H2,12,14). The van der Waals surface area contributed by atoms with Crippen molar-refractivity contribution in [2.45, 2.75) is 19.3 Å². The fourth-order valence-electron chi connectivity index (χ4n) is 1.24. The predicted molar refractivity (Wildman–Crippen MR) is 63.2 cm³/mol. The smallest absolute Gasteiger partial charge is 0.217 e. The second-order valence-corrected chi connectivity index (χ2v) is 4.03. The quantitative estimate of drug-likeness (QED) is 0.598. The van der Waals surface area contributed by atoms with Crippen LogP contribution < -0.4 is 11.0 Å². The van der Waals surface area contributed by atoms with Gasteiger partial charge in [0.05, 0.1) is 0 Å². The summed E-state index contributed by atoms with van der Waals surface area (Å²) in [6.45, 7) is 0. The van der Waals surface area contributed by atoms with E-state index in [1.165, 1.54) is 0 Å². The number of ketones is 1. The summed E-state index contributed by atoms with van der Waals surface area (Å²) in [6, 6.07) is 7.31. The highest BCUT2D eigenvalue weighted by Gasteiger charge is 2.05. The van der Waals surface area contributed by atoms with Crippen LogP contribution in [0.1, 0.15) is 29.6 Å². The molecule has 80 valence electrons. The predicted octanol–water partition coefficient (Wildman–Crippen LogP) is 1.03. The highest BCUT2D eigenvalue weighted by atomic mass is 31.0. The molecule has 0 radical (unpaired) electrons. The Morgan fingerprint density at radius 1 is 1.13 bits per heavy atom. The minimum atomic E-state index is -0.358. The number of primary amides is 1. The lowest BCUT2D eigenvalue weighted by molar-refractivity contribution is -0.118. The number of hydrogen-bond donors (Lipinski definition) is 1. The lowest BCUT2D eigenvalue weighted by atomic mass is 10.1. The molecular weight excluding hydrogens is 209 g/mol. The molecule has 0 aromatic heterocycles. The molecule has 0 spiro atoms. The van der Waals surface area contributed by atoms with Crippen LogP contribution in [0, 0.1) is 0 Å². The number of amides is 1. The number of hydrogen-bond acceptors (Lipinski definition) is 2. The summed E-state index contributed by atoms with van der Waals surface area (Å²) in [7, 11) is 2.56. The normalized spacial score (nSPS) is 9.93. The molecule has 1 aromatic rings. The first kappa shape index (κ1) is 11.9. The largest absolute Gasteiger partial charge is 0.370 e. The van der Waals surface area contributed by atoms with Gasteiger partial charge in [0.2, 0.25) is 5.91 Å². The SMILES string of the molecule is NC(=O)CCCC(=O)c1ccc(P)cc1. The lowest BCUT2D eigenvalue weighted by Gasteiger charge is -2.00. The van der Waals surface area contributed by atoms with E-state index in [0.29, 0.717) is 18.4 Å². The molecule has 1 atom stereocenters. The molecule has 0 saturated heterocycles. The topological polar surface area (TPSA) is 60.2 Å². The van der Waals surface area contributed by atoms with Crippen molar-refractivity contribution in [2.24, 2.45) is 5.73 Å². The average molecular weight is 223 g/mol. The van der Waals surface area contributed by atoms with Crippen LogP contribution in [0.4, 0.5) is 0 Å². The van der Waals surface area contributed by atoms with Crippen molar-refractivity contribution in [3.63, 3.8) is 0 Å². The second-order valence-electron chi connectivity index (χ2n) is 3.37. The third-order valence-electron chi connectivity index (χ3n) is 2.06. The number of carbonyl (C=O) groups is 2. The van der Waals surface area contributed by atoms with Gasteiger partial charge in [-0.05, 0) is 11.7 Å². The maximum atomic E-state index is 11.6. The van der Waals surface area contributed by atoms with Crippen molar-refractivity contribution >= 4 is 26.2 Å². The van der Waals surface area contributed by atoms with Crippen LogP contribution in [0.15, 0.2) is 24.3 Å². The van der Waals surface area contributed by atoms with Gasteiger partial charge in [-0.2, -0.15) is 0 Å². The third kappa shape index (κ3) is 4.22. The van der Waals surface area contributed by atoms with Gasteiger partial charge in [0, 0.05) is 18.4 Å². The van der Waals surface area contributed by atoms with Crippen LogP contribution in [0.25, 0.3) is 0 Å². The lowest BCUT2D eigenvalue weighted by Crippen LogP contribution is -2.11. The van der Waals surface area contributed by atoms with Gasteiger partial charge in [-0.25, -0.2) is 0 Å². The van der Waals surface area contributed by atoms with Crippen LogP contribution in [-0.2, 0) is 4.79 Å². The molecule has 0 saturated carbocycles. The molecule has 1 rings (SSSR count). The van der Waals surface area contributed by atoms with Crippen LogP contribution in [0.5, 0.6) is 0 Å². The summed E-state index contributed by atoms with van der Waals surface area (Å²) in [6.07, 6.45) is 1.17. The van der Waals surface area contributed by atoms with E-state index in [0.717, 1.165) is 5.30 Å². The van der Waals surface area contributed by atoms with Gasteiger partial charge in [-0.1, -0.05) is 24.3 Å². The second kappa shape index (κ2) is 5.62. The van der Waals surface area contributed by atoms with E-state index in [2.05, 4.69) is 9.24 Å². The van der Waals surface area contributed by atoms with Crippen molar-refractivity contribution in [1.29, 1.82) is 0 Å². The zero-order valence-corrected chi connectivity index (χ0v) is 9.56. The number of carbonyl (C=O) groups excluding carboxylic acids is 2. The first-order chi connectivity index (χ1) is 7.09. The van der Waals surface area contributed by atoms with Crippen molar-refractivity contribution in [2.75, 3.05) is 0 Å². The van der Waals surface area contributed by atoms with E-state index in [1.807, 2.05) is 12.1 Å². The molecule has 0 aliphatic rings. The Hall–Kier alpha value is -1.21. The molecule has 0 heterocycles. The minimum absolute atomic E-state index is 0.0567.